The highest BCUT2D eigenvalue weighted by molar-refractivity contribution is 5.78. The fourth-order valence-corrected chi connectivity index (χ4v) is 4.77. The molecular formula is C25H19F3N4O4. The number of halogens is 3. The van der Waals surface area contributed by atoms with Gasteiger partial charge in [0.15, 0.2) is 0 Å². The third kappa shape index (κ3) is 4.26. The van der Waals surface area contributed by atoms with Crippen molar-refractivity contribution < 1.29 is 32.0 Å². The molecule has 3 heterocycles. The number of nitrogens with zero attached hydrogens (tertiary/aromatic N) is 4. The van der Waals surface area contributed by atoms with E-state index in [2.05, 4.69) is 26.7 Å². The number of allylic oxidation sites excluding steroid dienone is 1. The van der Waals surface area contributed by atoms with Crippen LogP contribution >= 0.6 is 0 Å². The molecule has 0 N–H and O–H groups in total. The average molecular weight is 496 g/mol. The summed E-state index contributed by atoms with van der Waals surface area (Å²) in [5.74, 6) is -0.586. The van der Waals surface area contributed by atoms with Gasteiger partial charge >= 0.3 is 12.3 Å². The number of hydrogen-bond donors (Lipinski definition) is 0. The molecule has 1 unspecified atom stereocenters. The predicted molar refractivity (Wildman–Crippen MR) is 121 cm³/mol. The second-order valence-electron chi connectivity index (χ2n) is 8.47. The van der Waals surface area contributed by atoms with Gasteiger partial charge in [0.25, 0.3) is 5.89 Å². The summed E-state index contributed by atoms with van der Waals surface area (Å²) in [5, 5.41) is 13.2. The monoisotopic (exact) mass is 496 g/mol. The number of carbonyl (C=O) groups is 1. The number of fused-ring (bicyclic) bond motifs is 3. The number of esters is 1. The van der Waals surface area contributed by atoms with E-state index in [0.717, 1.165) is 47.6 Å². The van der Waals surface area contributed by atoms with Crippen LogP contribution in [0.5, 0.6) is 5.75 Å². The normalized spacial score (nSPS) is 16.6. The van der Waals surface area contributed by atoms with Gasteiger partial charge in [-0.15, -0.1) is 13.2 Å². The molecule has 0 radical (unpaired) electrons. The van der Waals surface area contributed by atoms with E-state index < -0.39 is 12.1 Å². The Hall–Kier alpha value is -4.33. The Morgan fingerprint density at radius 1 is 1.25 bits per heavy atom. The van der Waals surface area contributed by atoms with Crippen molar-refractivity contribution in [2.24, 2.45) is 0 Å². The van der Waals surface area contributed by atoms with Crippen LogP contribution in [0.4, 0.5) is 18.9 Å². The van der Waals surface area contributed by atoms with Crippen LogP contribution in [0.15, 0.2) is 52.2 Å². The summed E-state index contributed by atoms with van der Waals surface area (Å²) in [6.45, 7) is 2.85. The van der Waals surface area contributed by atoms with Gasteiger partial charge in [0.1, 0.15) is 5.75 Å². The average Bonchev–Trinajstić information content (AvgIpc) is 3.55. The van der Waals surface area contributed by atoms with E-state index in [1.807, 2.05) is 18.2 Å². The van der Waals surface area contributed by atoms with Gasteiger partial charge < -0.3 is 18.9 Å². The number of hydrogen-bond acceptors (Lipinski definition) is 8. The maximum absolute atomic E-state index is 12.7. The molecule has 8 nitrogen and oxygen atoms in total. The lowest BCUT2D eigenvalue weighted by atomic mass is 9.95. The maximum atomic E-state index is 12.7. The molecule has 184 valence electrons. The third-order valence-corrected chi connectivity index (χ3v) is 6.27. The Labute approximate surface area is 203 Å². The molecule has 0 spiro atoms. The number of benzene rings is 2. The van der Waals surface area contributed by atoms with E-state index in [1.165, 1.54) is 13.2 Å². The van der Waals surface area contributed by atoms with Crippen molar-refractivity contribution in [3.63, 3.8) is 0 Å². The molecule has 0 aliphatic carbocycles. The molecule has 0 saturated carbocycles. The molecule has 2 aromatic carbocycles. The second-order valence-corrected chi connectivity index (χ2v) is 8.47. The van der Waals surface area contributed by atoms with Gasteiger partial charge in [-0.25, -0.2) is 0 Å². The molecule has 11 heteroatoms. The Balaban J connectivity index is 1.46. The Morgan fingerprint density at radius 3 is 2.78 bits per heavy atom. The Bertz CT molecular complexity index is 1440. The van der Waals surface area contributed by atoms with Gasteiger partial charge in [0.2, 0.25) is 5.82 Å². The number of methoxy groups -OCH3 is 1. The topological polar surface area (TPSA) is 101 Å². The quantitative estimate of drug-likeness (QED) is 0.438. The number of rotatable bonds is 5. The van der Waals surface area contributed by atoms with Gasteiger partial charge in [-0.1, -0.05) is 12.1 Å². The van der Waals surface area contributed by atoms with Crippen molar-refractivity contribution in [3.8, 4) is 34.7 Å². The molecule has 0 fully saturated rings. The van der Waals surface area contributed by atoms with Gasteiger partial charge in [0, 0.05) is 35.0 Å². The van der Waals surface area contributed by atoms with E-state index in [-0.39, 0.29) is 41.2 Å². The van der Waals surface area contributed by atoms with Crippen LogP contribution < -0.4 is 9.64 Å². The molecule has 1 aromatic heterocycles. The zero-order chi connectivity index (χ0) is 25.6. The summed E-state index contributed by atoms with van der Waals surface area (Å²) in [5.41, 5.74) is 4.99. The number of aromatic nitrogens is 2. The first-order valence-corrected chi connectivity index (χ1v) is 11.0. The minimum Gasteiger partial charge on any atom is -0.469 e. The van der Waals surface area contributed by atoms with Crippen LogP contribution in [0.25, 0.3) is 22.8 Å². The highest BCUT2D eigenvalue weighted by Crippen LogP contribution is 2.49. The summed E-state index contributed by atoms with van der Waals surface area (Å²) >= 11 is 0. The summed E-state index contributed by atoms with van der Waals surface area (Å²) in [6, 6.07) is 10.9. The lowest BCUT2D eigenvalue weighted by Crippen LogP contribution is -2.17. The molecule has 2 aliphatic rings. The minimum absolute atomic E-state index is 0.0443. The number of carbonyl (C=O) groups excluding carboxylic acids is 1. The first-order chi connectivity index (χ1) is 17.2. The maximum Gasteiger partial charge on any atom is 0.573 e. The van der Waals surface area contributed by atoms with Crippen molar-refractivity contribution in [2.75, 3.05) is 18.6 Å². The summed E-state index contributed by atoms with van der Waals surface area (Å²) in [4.78, 5) is 18.4. The molecular weight excluding hydrogens is 477 g/mol. The van der Waals surface area contributed by atoms with E-state index in [1.54, 1.807) is 6.07 Å². The number of nitriles is 1. The lowest BCUT2D eigenvalue weighted by molar-refractivity contribution is -0.274. The van der Waals surface area contributed by atoms with Crippen LogP contribution in [0.3, 0.4) is 0 Å². The largest absolute Gasteiger partial charge is 0.573 e. The van der Waals surface area contributed by atoms with E-state index in [0.29, 0.717) is 5.56 Å². The van der Waals surface area contributed by atoms with Gasteiger partial charge in [-0.2, -0.15) is 10.2 Å². The van der Waals surface area contributed by atoms with Crippen LogP contribution in [-0.2, 0) is 9.53 Å². The van der Waals surface area contributed by atoms with Crippen LogP contribution in [-0.4, -0.2) is 36.1 Å². The fraction of sp³-hybridized carbons (Fsp3) is 0.280. The summed E-state index contributed by atoms with van der Waals surface area (Å²) < 4.78 is 52.1. The van der Waals surface area contributed by atoms with E-state index >= 15 is 0 Å². The van der Waals surface area contributed by atoms with Crippen LogP contribution in [0.2, 0.25) is 0 Å². The van der Waals surface area contributed by atoms with Gasteiger partial charge in [-0.3, -0.25) is 4.79 Å². The van der Waals surface area contributed by atoms with Crippen molar-refractivity contribution in [2.45, 2.75) is 32.0 Å². The zero-order valence-electron chi connectivity index (χ0n) is 19.2. The standard InChI is InChI=1S/C25H19F3N4O4/c1-13-19-10-16(3-4-20(19)32-6-5-15(22(13)32)11-21(33)34-2)23-30-24(36-31-23)17-7-14(12-29)8-18(9-17)35-25(26,27)28/h3-4,7-10,13H,5-6,11H2,1-2H3. The predicted octanol–water partition coefficient (Wildman–Crippen LogP) is 5.32. The van der Waals surface area contributed by atoms with Crippen molar-refractivity contribution in [3.05, 3.63) is 58.8 Å². The van der Waals surface area contributed by atoms with Crippen molar-refractivity contribution >= 4 is 11.7 Å². The number of alkyl halides is 3. The third-order valence-electron chi connectivity index (χ3n) is 6.27. The molecule has 0 amide bonds. The Kier molecular flexibility index (Phi) is 5.67. The highest BCUT2D eigenvalue weighted by Gasteiger charge is 2.37. The molecule has 3 aromatic rings. The van der Waals surface area contributed by atoms with Crippen molar-refractivity contribution in [1.82, 2.24) is 10.1 Å². The number of ether oxygens (including phenoxy) is 2. The first kappa shape index (κ1) is 23.4. The van der Waals surface area contributed by atoms with Crippen molar-refractivity contribution in [1.29, 1.82) is 5.26 Å². The SMILES string of the molecule is COC(=O)CC1=C2C(C)c3cc(-c4noc(-c5cc(C#N)cc(OC(F)(F)F)c5)n4)ccc3N2CC1. The summed E-state index contributed by atoms with van der Waals surface area (Å²) in [6.07, 6.45) is -3.86. The first-order valence-electron chi connectivity index (χ1n) is 11.0. The molecule has 36 heavy (non-hydrogen) atoms. The molecule has 2 aliphatic heterocycles. The molecule has 5 rings (SSSR count). The van der Waals surface area contributed by atoms with E-state index in [4.69, 9.17) is 9.26 Å². The molecule has 0 saturated heterocycles. The zero-order valence-corrected chi connectivity index (χ0v) is 19.2. The van der Waals surface area contributed by atoms with E-state index in [9.17, 15) is 23.2 Å². The highest BCUT2D eigenvalue weighted by atomic mass is 19.4. The van der Waals surface area contributed by atoms with Crippen LogP contribution in [0.1, 0.15) is 36.8 Å². The number of anilines is 1. The second kappa shape index (κ2) is 8.71. The molecule has 0 bridgehead atoms. The fourth-order valence-electron chi connectivity index (χ4n) is 4.77. The Morgan fingerprint density at radius 2 is 2.06 bits per heavy atom. The van der Waals surface area contributed by atoms with Gasteiger partial charge in [-0.05, 0) is 54.0 Å². The summed E-state index contributed by atoms with van der Waals surface area (Å²) in [7, 11) is 1.37. The smallest absolute Gasteiger partial charge is 0.469 e. The minimum atomic E-state index is -4.91. The van der Waals surface area contributed by atoms with Gasteiger partial charge in [0.05, 0.1) is 25.2 Å². The molecule has 1 atom stereocenters. The lowest BCUT2D eigenvalue weighted by Gasteiger charge is -2.16. The van der Waals surface area contributed by atoms with Crippen LogP contribution in [0, 0.1) is 11.3 Å².